The van der Waals surface area contributed by atoms with E-state index in [0.717, 1.165) is 24.7 Å². The van der Waals surface area contributed by atoms with Crippen molar-refractivity contribution in [2.75, 3.05) is 0 Å². The Morgan fingerprint density at radius 2 is 2.00 bits per heavy atom. The summed E-state index contributed by atoms with van der Waals surface area (Å²) in [6.07, 6.45) is 16.9. The Morgan fingerprint density at radius 3 is 2.89 bits per heavy atom. The summed E-state index contributed by atoms with van der Waals surface area (Å²) >= 11 is 0. The molecule has 0 aliphatic heterocycles. The third kappa shape index (κ3) is 1.63. The molecule has 0 spiro atoms. The van der Waals surface area contributed by atoms with Crippen molar-refractivity contribution in [3.63, 3.8) is 0 Å². The maximum absolute atomic E-state index is 11.0. The number of fused-ring (bicyclic) bond motifs is 5. The van der Waals surface area contributed by atoms with Gasteiger partial charge in [0.15, 0.2) is 0 Å². The van der Waals surface area contributed by atoms with Crippen molar-refractivity contribution in [1.29, 1.82) is 0 Å². The van der Waals surface area contributed by atoms with E-state index in [9.17, 15) is 5.11 Å². The third-order valence-corrected chi connectivity index (χ3v) is 6.78. The summed E-state index contributed by atoms with van der Waals surface area (Å²) in [5.74, 6) is 2.11. The van der Waals surface area contributed by atoms with Crippen molar-refractivity contribution in [1.82, 2.24) is 0 Å². The molecular weight excluding hydrogens is 232 g/mol. The van der Waals surface area contributed by atoms with Gasteiger partial charge in [-0.15, -0.1) is 0 Å². The summed E-state index contributed by atoms with van der Waals surface area (Å²) in [5, 5.41) is 11.0. The number of allylic oxidation sites excluding steroid dienone is 4. The normalized spacial score (nSPS) is 52.1. The van der Waals surface area contributed by atoms with Gasteiger partial charge in [0.2, 0.25) is 0 Å². The predicted octanol–water partition coefficient (Wildman–Crippen LogP) is 4.23. The van der Waals surface area contributed by atoms with Crippen LogP contribution in [-0.2, 0) is 0 Å². The average molecular weight is 258 g/mol. The summed E-state index contributed by atoms with van der Waals surface area (Å²) in [6, 6.07) is 0. The zero-order valence-corrected chi connectivity index (χ0v) is 12.1. The van der Waals surface area contributed by atoms with Gasteiger partial charge in [-0.1, -0.05) is 43.6 Å². The molecule has 19 heavy (non-hydrogen) atoms. The molecule has 104 valence electrons. The van der Waals surface area contributed by atoms with Crippen molar-refractivity contribution in [3.05, 3.63) is 23.8 Å². The summed E-state index contributed by atoms with van der Waals surface area (Å²) in [5.41, 5.74) is 1.74. The first kappa shape index (κ1) is 12.2. The molecule has 0 amide bonds. The lowest BCUT2D eigenvalue weighted by Crippen LogP contribution is -2.52. The van der Waals surface area contributed by atoms with Crippen LogP contribution in [0.1, 0.15) is 58.3 Å². The minimum Gasteiger partial charge on any atom is -0.390 e. The lowest BCUT2D eigenvalue weighted by Gasteiger charge is -2.55. The fraction of sp³-hybridized carbons (Fsp3) is 0.778. The van der Waals surface area contributed by atoms with Crippen LogP contribution in [0.4, 0.5) is 0 Å². The first-order valence-corrected chi connectivity index (χ1v) is 8.25. The quantitative estimate of drug-likeness (QED) is 0.689. The molecular formula is C18H26O. The van der Waals surface area contributed by atoms with Gasteiger partial charge in [-0.3, -0.25) is 0 Å². The van der Waals surface area contributed by atoms with E-state index in [4.69, 9.17) is 0 Å². The molecule has 0 aromatic carbocycles. The first-order valence-electron chi connectivity index (χ1n) is 8.25. The third-order valence-electron chi connectivity index (χ3n) is 6.78. The topological polar surface area (TPSA) is 20.2 Å². The SMILES string of the molecule is C[C@@]12C=CC=C1[C@@H]1CC[C@@]3(O)CCCC[C@@H]3[C@H]1CC2. The molecule has 0 bridgehead atoms. The van der Waals surface area contributed by atoms with Crippen LogP contribution in [0.25, 0.3) is 0 Å². The second kappa shape index (κ2) is 3.97. The molecule has 4 aliphatic rings. The molecule has 0 heterocycles. The van der Waals surface area contributed by atoms with Gasteiger partial charge in [-0.2, -0.15) is 0 Å². The maximum atomic E-state index is 11.0. The number of hydrogen-bond donors (Lipinski definition) is 1. The van der Waals surface area contributed by atoms with Crippen molar-refractivity contribution < 1.29 is 5.11 Å². The van der Waals surface area contributed by atoms with Gasteiger partial charge in [0.25, 0.3) is 0 Å². The second-order valence-corrected chi connectivity index (χ2v) is 7.70. The van der Waals surface area contributed by atoms with Crippen molar-refractivity contribution in [2.45, 2.75) is 63.9 Å². The molecule has 0 unspecified atom stereocenters. The molecule has 3 fully saturated rings. The Hall–Kier alpha value is -0.560. The molecule has 1 N–H and O–H groups in total. The van der Waals surface area contributed by atoms with E-state index in [2.05, 4.69) is 25.2 Å². The van der Waals surface area contributed by atoms with Crippen LogP contribution in [0.15, 0.2) is 23.8 Å². The number of rotatable bonds is 0. The van der Waals surface area contributed by atoms with E-state index >= 15 is 0 Å². The highest BCUT2D eigenvalue weighted by atomic mass is 16.3. The summed E-state index contributed by atoms with van der Waals surface area (Å²) in [4.78, 5) is 0. The monoisotopic (exact) mass is 258 g/mol. The van der Waals surface area contributed by atoms with Crippen molar-refractivity contribution in [2.24, 2.45) is 23.2 Å². The highest BCUT2D eigenvalue weighted by Gasteiger charge is 2.53. The first-order chi connectivity index (χ1) is 9.12. The van der Waals surface area contributed by atoms with E-state index in [1.165, 1.54) is 38.5 Å². The second-order valence-electron chi connectivity index (χ2n) is 7.70. The van der Waals surface area contributed by atoms with Gasteiger partial charge in [0.1, 0.15) is 0 Å². The van der Waals surface area contributed by atoms with Gasteiger partial charge >= 0.3 is 0 Å². The lowest BCUT2D eigenvalue weighted by atomic mass is 9.51. The van der Waals surface area contributed by atoms with Crippen LogP contribution >= 0.6 is 0 Å². The Balaban J connectivity index is 1.66. The van der Waals surface area contributed by atoms with Crippen LogP contribution in [-0.4, -0.2) is 10.7 Å². The zero-order valence-electron chi connectivity index (χ0n) is 12.1. The molecule has 5 atom stereocenters. The van der Waals surface area contributed by atoms with Crippen molar-refractivity contribution in [3.8, 4) is 0 Å². The molecule has 0 radical (unpaired) electrons. The Kier molecular flexibility index (Phi) is 2.55. The van der Waals surface area contributed by atoms with Crippen LogP contribution < -0.4 is 0 Å². The Morgan fingerprint density at radius 1 is 1.11 bits per heavy atom. The Bertz CT molecular complexity index is 449. The Labute approximate surface area is 116 Å². The van der Waals surface area contributed by atoms with E-state index in [1.54, 1.807) is 5.57 Å². The highest BCUT2D eigenvalue weighted by Crippen LogP contribution is 2.59. The number of hydrogen-bond acceptors (Lipinski definition) is 1. The fourth-order valence-corrected chi connectivity index (χ4v) is 5.75. The number of aliphatic hydroxyl groups is 1. The van der Waals surface area contributed by atoms with Crippen LogP contribution in [0.3, 0.4) is 0 Å². The zero-order chi connectivity index (χ0) is 13.1. The van der Waals surface area contributed by atoms with Crippen molar-refractivity contribution >= 4 is 0 Å². The molecule has 0 saturated heterocycles. The molecule has 4 aliphatic carbocycles. The van der Waals surface area contributed by atoms with E-state index in [-0.39, 0.29) is 5.60 Å². The summed E-state index contributed by atoms with van der Waals surface area (Å²) in [7, 11) is 0. The van der Waals surface area contributed by atoms with E-state index in [0.29, 0.717) is 11.3 Å². The standard InChI is InChI=1S/C18H26O/c1-17-9-4-6-15(17)13-8-12-18(19)10-3-2-5-16(18)14(13)7-11-17/h4,6,9,13-14,16,19H,2-3,5,7-8,10-12H2,1H3/t13-,14+,16-,17+,18+/m1/s1. The van der Waals surface area contributed by atoms with Gasteiger partial charge in [0, 0.05) is 5.41 Å². The maximum Gasteiger partial charge on any atom is 0.0678 e. The highest BCUT2D eigenvalue weighted by molar-refractivity contribution is 5.37. The van der Waals surface area contributed by atoms with Gasteiger partial charge in [-0.25, -0.2) is 0 Å². The molecule has 0 aromatic heterocycles. The summed E-state index contributed by atoms with van der Waals surface area (Å²) in [6.45, 7) is 2.42. The minimum atomic E-state index is -0.306. The smallest absolute Gasteiger partial charge is 0.0678 e. The minimum absolute atomic E-state index is 0.306. The lowest BCUT2D eigenvalue weighted by molar-refractivity contribution is -0.121. The van der Waals surface area contributed by atoms with E-state index in [1.807, 2.05) is 0 Å². The average Bonchev–Trinajstić information content (AvgIpc) is 2.79. The molecule has 0 aromatic rings. The molecule has 4 rings (SSSR count). The largest absolute Gasteiger partial charge is 0.390 e. The van der Waals surface area contributed by atoms with Gasteiger partial charge < -0.3 is 5.11 Å². The predicted molar refractivity (Wildman–Crippen MR) is 77.7 cm³/mol. The van der Waals surface area contributed by atoms with E-state index < -0.39 is 0 Å². The van der Waals surface area contributed by atoms with Gasteiger partial charge in [-0.05, 0) is 56.3 Å². The van der Waals surface area contributed by atoms with Crippen LogP contribution in [0, 0.1) is 23.2 Å². The molecule has 1 heteroatoms. The molecule has 1 nitrogen and oxygen atoms in total. The van der Waals surface area contributed by atoms with Gasteiger partial charge in [0.05, 0.1) is 5.60 Å². The summed E-state index contributed by atoms with van der Waals surface area (Å²) < 4.78 is 0. The molecule has 3 saturated carbocycles. The van der Waals surface area contributed by atoms with Crippen LogP contribution in [0.2, 0.25) is 0 Å². The fourth-order valence-electron chi connectivity index (χ4n) is 5.75. The van der Waals surface area contributed by atoms with Crippen LogP contribution in [0.5, 0.6) is 0 Å².